The molecule has 20 heavy (non-hydrogen) atoms. The molecule has 0 saturated carbocycles. The molecular weight excluding hydrogens is 262 g/mol. The molecule has 0 fully saturated rings. The zero-order valence-electron chi connectivity index (χ0n) is 11.4. The molecule has 1 aromatic heterocycles. The van der Waals surface area contributed by atoms with Gasteiger partial charge in [-0.2, -0.15) is 5.10 Å². The van der Waals surface area contributed by atoms with Gasteiger partial charge in [-0.3, -0.25) is 14.4 Å². The Morgan fingerprint density at radius 2 is 2.15 bits per heavy atom. The number of H-pyrrole nitrogens is 1. The van der Waals surface area contributed by atoms with E-state index in [0.717, 1.165) is 12.8 Å². The Kier molecular flexibility index (Phi) is 6.42. The van der Waals surface area contributed by atoms with Crippen molar-refractivity contribution in [2.75, 3.05) is 6.54 Å². The van der Waals surface area contributed by atoms with Gasteiger partial charge in [-0.1, -0.05) is 13.3 Å². The lowest BCUT2D eigenvalue weighted by atomic mass is 9.96. The minimum atomic E-state index is -0.801. The molecule has 1 unspecified atom stereocenters. The smallest absolute Gasteiger partial charge is 0.303 e. The summed E-state index contributed by atoms with van der Waals surface area (Å²) in [5.41, 5.74) is -0.204. The fourth-order valence-corrected chi connectivity index (χ4v) is 1.83. The number of carbonyl (C=O) groups excluding carboxylic acids is 1. The summed E-state index contributed by atoms with van der Waals surface area (Å²) in [6, 6.07) is 2.60. The van der Waals surface area contributed by atoms with E-state index in [1.54, 1.807) is 0 Å². The highest BCUT2D eigenvalue weighted by Gasteiger charge is 2.11. The first-order chi connectivity index (χ1) is 9.52. The second-order valence-corrected chi connectivity index (χ2v) is 4.56. The van der Waals surface area contributed by atoms with Gasteiger partial charge in [0.25, 0.3) is 11.5 Å². The Morgan fingerprint density at radius 3 is 2.70 bits per heavy atom. The molecule has 1 aromatic rings. The molecule has 0 saturated heterocycles. The van der Waals surface area contributed by atoms with E-state index in [-0.39, 0.29) is 29.5 Å². The Bertz CT molecular complexity index is 492. The van der Waals surface area contributed by atoms with Crippen molar-refractivity contribution >= 4 is 11.9 Å². The number of nitrogens with zero attached hydrogens (tertiary/aromatic N) is 1. The van der Waals surface area contributed by atoms with E-state index < -0.39 is 5.97 Å². The Labute approximate surface area is 116 Å². The van der Waals surface area contributed by atoms with Crippen LogP contribution in [0.15, 0.2) is 16.9 Å². The normalized spacial score (nSPS) is 11.8. The number of hydrogen-bond donors (Lipinski definition) is 3. The van der Waals surface area contributed by atoms with Crippen LogP contribution in [-0.4, -0.2) is 33.7 Å². The van der Waals surface area contributed by atoms with E-state index in [4.69, 9.17) is 5.11 Å². The fraction of sp³-hybridized carbons (Fsp3) is 0.538. The number of carboxylic acids is 1. The third kappa shape index (κ3) is 5.64. The van der Waals surface area contributed by atoms with Gasteiger partial charge in [0.05, 0.1) is 0 Å². The molecule has 3 N–H and O–H groups in total. The van der Waals surface area contributed by atoms with Crippen LogP contribution < -0.4 is 10.9 Å². The summed E-state index contributed by atoms with van der Waals surface area (Å²) in [5, 5.41) is 17.2. The maximum Gasteiger partial charge on any atom is 0.303 e. The summed E-state index contributed by atoms with van der Waals surface area (Å²) in [6.07, 6.45) is 2.35. The number of aliphatic carboxylic acids is 1. The second-order valence-electron chi connectivity index (χ2n) is 4.56. The van der Waals surface area contributed by atoms with Crippen LogP contribution in [-0.2, 0) is 4.79 Å². The average molecular weight is 281 g/mol. The van der Waals surface area contributed by atoms with Crippen molar-refractivity contribution in [2.45, 2.75) is 32.6 Å². The van der Waals surface area contributed by atoms with Crippen LogP contribution in [0.5, 0.6) is 0 Å². The highest BCUT2D eigenvalue weighted by Crippen LogP contribution is 2.14. The lowest BCUT2D eigenvalue weighted by Crippen LogP contribution is -2.27. The number of aromatic nitrogens is 2. The van der Waals surface area contributed by atoms with Gasteiger partial charge in [0.15, 0.2) is 0 Å². The molecular formula is C13H19N3O4. The van der Waals surface area contributed by atoms with E-state index in [1.807, 2.05) is 6.92 Å². The zero-order chi connectivity index (χ0) is 15.0. The van der Waals surface area contributed by atoms with Gasteiger partial charge in [0, 0.05) is 19.0 Å². The van der Waals surface area contributed by atoms with Gasteiger partial charge in [-0.05, 0) is 24.8 Å². The summed E-state index contributed by atoms with van der Waals surface area (Å²) in [4.78, 5) is 33.0. The van der Waals surface area contributed by atoms with Gasteiger partial charge < -0.3 is 10.4 Å². The number of nitrogens with one attached hydrogen (secondary N) is 2. The fourth-order valence-electron chi connectivity index (χ4n) is 1.83. The zero-order valence-corrected chi connectivity index (χ0v) is 11.4. The van der Waals surface area contributed by atoms with E-state index >= 15 is 0 Å². The maximum absolute atomic E-state index is 11.7. The molecule has 0 spiro atoms. The van der Waals surface area contributed by atoms with Crippen LogP contribution in [0.2, 0.25) is 0 Å². The molecule has 0 aliphatic rings. The Morgan fingerprint density at radius 1 is 1.40 bits per heavy atom. The maximum atomic E-state index is 11.7. The van der Waals surface area contributed by atoms with Crippen molar-refractivity contribution in [3.05, 3.63) is 28.2 Å². The molecule has 0 aromatic carbocycles. The third-order valence-electron chi connectivity index (χ3n) is 3.09. The summed E-state index contributed by atoms with van der Waals surface area (Å²) in [6.45, 7) is 2.45. The van der Waals surface area contributed by atoms with E-state index in [2.05, 4.69) is 15.5 Å². The van der Waals surface area contributed by atoms with Crippen LogP contribution in [0.3, 0.4) is 0 Å². The van der Waals surface area contributed by atoms with Gasteiger partial charge in [-0.15, -0.1) is 0 Å². The molecule has 1 amide bonds. The Balaban J connectivity index is 2.35. The lowest BCUT2D eigenvalue weighted by Gasteiger charge is -2.13. The highest BCUT2D eigenvalue weighted by atomic mass is 16.4. The van der Waals surface area contributed by atoms with E-state index in [9.17, 15) is 14.4 Å². The number of hydrogen-bond acceptors (Lipinski definition) is 4. The topological polar surface area (TPSA) is 112 Å². The van der Waals surface area contributed by atoms with E-state index in [0.29, 0.717) is 13.0 Å². The van der Waals surface area contributed by atoms with Gasteiger partial charge in [0.2, 0.25) is 0 Å². The summed E-state index contributed by atoms with van der Waals surface area (Å²) in [7, 11) is 0. The number of amides is 1. The second kappa shape index (κ2) is 8.08. The van der Waals surface area contributed by atoms with Crippen molar-refractivity contribution in [3.63, 3.8) is 0 Å². The van der Waals surface area contributed by atoms with Crippen LogP contribution in [0.1, 0.15) is 43.1 Å². The minimum Gasteiger partial charge on any atom is -0.481 e. The van der Waals surface area contributed by atoms with Crippen LogP contribution in [0.25, 0.3) is 0 Å². The third-order valence-corrected chi connectivity index (χ3v) is 3.09. The van der Waals surface area contributed by atoms with E-state index in [1.165, 1.54) is 12.1 Å². The molecule has 0 radical (unpaired) electrons. The lowest BCUT2D eigenvalue weighted by molar-refractivity contribution is -0.137. The Hall–Kier alpha value is -2.18. The van der Waals surface area contributed by atoms with Crippen molar-refractivity contribution in [1.29, 1.82) is 0 Å². The average Bonchev–Trinajstić information content (AvgIpc) is 2.42. The quantitative estimate of drug-likeness (QED) is 0.652. The number of carbonyl (C=O) groups is 2. The molecule has 0 aliphatic heterocycles. The highest BCUT2D eigenvalue weighted by molar-refractivity contribution is 5.91. The molecule has 7 nitrogen and oxygen atoms in total. The largest absolute Gasteiger partial charge is 0.481 e. The van der Waals surface area contributed by atoms with Crippen molar-refractivity contribution in [1.82, 2.24) is 15.5 Å². The van der Waals surface area contributed by atoms with Crippen molar-refractivity contribution in [3.8, 4) is 0 Å². The first-order valence-electron chi connectivity index (χ1n) is 6.58. The molecule has 1 heterocycles. The number of rotatable bonds is 8. The first-order valence-corrected chi connectivity index (χ1v) is 6.58. The predicted octanol–water partition coefficient (Wildman–Crippen LogP) is 0.781. The standard InChI is InChI=1S/C13H19N3O4/c1-2-9(3-6-12(18)19)7-8-14-13(20)10-4-5-11(17)16-15-10/h4-5,9H,2-3,6-8H2,1H3,(H,14,20)(H,16,17)(H,18,19). The van der Waals surface area contributed by atoms with Gasteiger partial charge in [-0.25, -0.2) is 5.10 Å². The van der Waals surface area contributed by atoms with Gasteiger partial charge in [0.1, 0.15) is 5.69 Å². The molecule has 1 rings (SSSR count). The van der Waals surface area contributed by atoms with Crippen LogP contribution >= 0.6 is 0 Å². The minimum absolute atomic E-state index is 0.147. The number of aromatic amines is 1. The molecule has 0 aliphatic carbocycles. The summed E-state index contributed by atoms with van der Waals surface area (Å²) in [5.74, 6) is -0.880. The monoisotopic (exact) mass is 281 g/mol. The van der Waals surface area contributed by atoms with Gasteiger partial charge >= 0.3 is 5.97 Å². The first kappa shape index (κ1) is 15.9. The number of carboxylic acid groups (broad SMARTS) is 1. The molecule has 7 heteroatoms. The van der Waals surface area contributed by atoms with Crippen LogP contribution in [0, 0.1) is 5.92 Å². The summed E-state index contributed by atoms with van der Waals surface area (Å²) < 4.78 is 0. The molecule has 1 atom stereocenters. The van der Waals surface area contributed by atoms with Crippen molar-refractivity contribution in [2.24, 2.45) is 5.92 Å². The molecule has 110 valence electrons. The van der Waals surface area contributed by atoms with Crippen molar-refractivity contribution < 1.29 is 14.7 Å². The summed E-state index contributed by atoms with van der Waals surface area (Å²) >= 11 is 0. The predicted molar refractivity (Wildman–Crippen MR) is 72.5 cm³/mol. The van der Waals surface area contributed by atoms with Crippen LogP contribution in [0.4, 0.5) is 0 Å². The SMILES string of the molecule is CCC(CCNC(=O)c1ccc(=O)[nH]n1)CCC(=O)O. The molecule has 0 bridgehead atoms.